The normalized spacial score (nSPS) is 16.2. The Kier molecular flexibility index (Phi) is 12.9. The number of aliphatic hydroxyl groups is 1. The Morgan fingerprint density at radius 2 is 1.43 bits per heavy atom. The molecular formula is C36H39N3O3S2. The summed E-state index contributed by atoms with van der Waals surface area (Å²) in [6, 6.07) is 35.8. The van der Waals surface area contributed by atoms with Crippen molar-refractivity contribution in [1.82, 2.24) is 15.3 Å². The van der Waals surface area contributed by atoms with Gasteiger partial charge in [0.25, 0.3) is 0 Å². The minimum absolute atomic E-state index is 0.0814. The molecule has 1 saturated heterocycles. The quantitative estimate of drug-likeness (QED) is 0.111. The molecule has 6 rings (SSSR count). The number of piperidine rings is 1. The van der Waals surface area contributed by atoms with E-state index in [-0.39, 0.29) is 18.6 Å². The summed E-state index contributed by atoms with van der Waals surface area (Å²) >= 11 is 3.44. The van der Waals surface area contributed by atoms with Gasteiger partial charge in [0.05, 0.1) is 19.3 Å². The van der Waals surface area contributed by atoms with E-state index in [9.17, 15) is 0 Å². The molecule has 0 saturated carbocycles. The molecular weight excluding hydrogens is 587 g/mol. The van der Waals surface area contributed by atoms with Crippen molar-refractivity contribution in [3.05, 3.63) is 127 Å². The monoisotopic (exact) mass is 625 g/mol. The Labute approximate surface area is 268 Å². The highest BCUT2D eigenvalue weighted by molar-refractivity contribution is 7.99. The van der Waals surface area contributed by atoms with Crippen LogP contribution >= 0.6 is 23.5 Å². The van der Waals surface area contributed by atoms with E-state index in [1.54, 1.807) is 23.5 Å². The van der Waals surface area contributed by atoms with E-state index in [1.807, 2.05) is 60.9 Å². The number of ether oxygens (including phenoxy) is 2. The highest BCUT2D eigenvalue weighted by Crippen LogP contribution is 2.28. The number of thioether (sulfide) groups is 2. The van der Waals surface area contributed by atoms with Gasteiger partial charge < -0.3 is 19.9 Å². The van der Waals surface area contributed by atoms with Crippen molar-refractivity contribution >= 4 is 34.3 Å². The molecule has 1 fully saturated rings. The minimum atomic E-state index is 0.0814. The zero-order chi connectivity index (χ0) is 30.2. The Hall–Kier alpha value is -3.40. The number of fused-ring (bicyclic) bond motifs is 1. The zero-order valence-corrected chi connectivity index (χ0v) is 26.4. The fourth-order valence-electron chi connectivity index (χ4n) is 5.00. The molecule has 2 heterocycles. The van der Waals surface area contributed by atoms with E-state index in [2.05, 4.69) is 69.9 Å². The molecule has 6 nitrogen and oxygen atoms in total. The van der Waals surface area contributed by atoms with Gasteiger partial charge in [-0.3, -0.25) is 0 Å². The molecule has 2 atom stereocenters. The number of rotatable bonds is 12. The van der Waals surface area contributed by atoms with E-state index in [0.717, 1.165) is 36.6 Å². The second-order valence-electron chi connectivity index (χ2n) is 10.3. The van der Waals surface area contributed by atoms with Gasteiger partial charge in [-0.05, 0) is 65.2 Å². The summed E-state index contributed by atoms with van der Waals surface area (Å²) in [6.45, 7) is 3.21. The van der Waals surface area contributed by atoms with Crippen LogP contribution in [-0.2, 0) is 11.3 Å². The molecule has 1 aliphatic heterocycles. The van der Waals surface area contributed by atoms with Crippen molar-refractivity contribution in [1.29, 1.82) is 0 Å². The zero-order valence-electron chi connectivity index (χ0n) is 24.8. The van der Waals surface area contributed by atoms with Crippen molar-refractivity contribution in [2.45, 2.75) is 34.8 Å². The summed E-state index contributed by atoms with van der Waals surface area (Å²) < 4.78 is 12.1. The third-order valence-corrected chi connectivity index (χ3v) is 9.18. The van der Waals surface area contributed by atoms with Gasteiger partial charge in [-0.25, -0.2) is 9.97 Å². The Morgan fingerprint density at radius 3 is 2.14 bits per heavy atom. The average molecular weight is 626 g/mol. The van der Waals surface area contributed by atoms with E-state index >= 15 is 0 Å². The van der Waals surface area contributed by atoms with Gasteiger partial charge in [-0.1, -0.05) is 72.8 Å². The lowest BCUT2D eigenvalue weighted by Crippen LogP contribution is -2.41. The maximum absolute atomic E-state index is 8.51. The largest absolute Gasteiger partial charge is 0.463 e. The summed E-state index contributed by atoms with van der Waals surface area (Å²) in [6.07, 6.45) is 4.88. The molecule has 1 aliphatic rings. The number of benzene rings is 4. The highest BCUT2D eigenvalue weighted by atomic mass is 32.2. The van der Waals surface area contributed by atoms with Crippen LogP contribution in [0.2, 0.25) is 0 Å². The van der Waals surface area contributed by atoms with Gasteiger partial charge in [0.1, 0.15) is 6.61 Å². The number of nitrogens with one attached hydrogen (secondary N) is 1. The number of nitrogens with zero attached hydrogens (tertiary/aromatic N) is 2. The van der Waals surface area contributed by atoms with Crippen molar-refractivity contribution in [2.75, 3.05) is 37.8 Å². The van der Waals surface area contributed by atoms with Crippen LogP contribution in [0.15, 0.2) is 125 Å². The van der Waals surface area contributed by atoms with Crippen molar-refractivity contribution in [3.63, 3.8) is 0 Å². The molecule has 0 radical (unpaired) electrons. The van der Waals surface area contributed by atoms with Crippen LogP contribution in [0.1, 0.15) is 23.5 Å². The summed E-state index contributed by atoms with van der Waals surface area (Å²) in [5.74, 6) is 1.90. The minimum Gasteiger partial charge on any atom is -0.463 e. The third-order valence-electron chi connectivity index (χ3n) is 7.21. The van der Waals surface area contributed by atoms with Crippen molar-refractivity contribution in [2.24, 2.45) is 0 Å². The molecule has 0 bridgehead atoms. The first-order valence-electron chi connectivity index (χ1n) is 15.0. The molecule has 5 aromatic rings. The average Bonchev–Trinajstić information content (AvgIpc) is 3.10. The predicted molar refractivity (Wildman–Crippen MR) is 182 cm³/mol. The molecule has 1 aromatic heterocycles. The maximum Gasteiger partial charge on any atom is 0.316 e. The van der Waals surface area contributed by atoms with Crippen molar-refractivity contribution in [3.8, 4) is 6.01 Å². The van der Waals surface area contributed by atoms with Gasteiger partial charge in [0.2, 0.25) is 0 Å². The van der Waals surface area contributed by atoms with E-state index < -0.39 is 0 Å². The summed E-state index contributed by atoms with van der Waals surface area (Å²) in [5, 5.41) is 14.5. The Morgan fingerprint density at radius 1 is 0.773 bits per heavy atom. The molecule has 2 unspecified atom stereocenters. The van der Waals surface area contributed by atoms with E-state index in [0.29, 0.717) is 19.2 Å². The first-order valence-corrected chi connectivity index (χ1v) is 17.0. The lowest BCUT2D eigenvalue weighted by atomic mass is 9.89. The lowest BCUT2D eigenvalue weighted by Gasteiger charge is -2.32. The summed E-state index contributed by atoms with van der Waals surface area (Å²) in [5.41, 5.74) is 2.30. The number of hydrogen-bond donors (Lipinski definition) is 2. The molecule has 0 aliphatic carbocycles. The summed E-state index contributed by atoms with van der Waals surface area (Å²) in [7, 11) is 0. The molecule has 228 valence electrons. The van der Waals surface area contributed by atoms with Gasteiger partial charge in [0, 0.05) is 46.2 Å². The summed E-state index contributed by atoms with van der Waals surface area (Å²) in [4.78, 5) is 11.4. The maximum atomic E-state index is 8.51. The smallest absolute Gasteiger partial charge is 0.316 e. The molecule has 4 aromatic carbocycles. The van der Waals surface area contributed by atoms with Crippen LogP contribution in [0.4, 0.5) is 0 Å². The number of aliphatic hydroxyl groups excluding tert-OH is 1. The fraction of sp³-hybridized carbons (Fsp3) is 0.278. The van der Waals surface area contributed by atoms with E-state index in [1.165, 1.54) is 26.1 Å². The van der Waals surface area contributed by atoms with Crippen LogP contribution in [0, 0.1) is 0 Å². The van der Waals surface area contributed by atoms with Gasteiger partial charge >= 0.3 is 6.01 Å². The van der Waals surface area contributed by atoms with Crippen molar-refractivity contribution < 1.29 is 14.6 Å². The number of hydrogen-bond acceptors (Lipinski definition) is 8. The first-order chi connectivity index (χ1) is 21.8. The topological polar surface area (TPSA) is 76.5 Å². The van der Waals surface area contributed by atoms with E-state index in [4.69, 9.17) is 14.6 Å². The SMILES string of the molecule is OCCSc1ccccc1.c1ccc(SCCOc2ncc(C3CCNCC3OCc3ccc4ccccc4c3)cn2)cc1. The molecule has 0 amide bonds. The van der Waals surface area contributed by atoms with Crippen LogP contribution in [0.5, 0.6) is 6.01 Å². The first kappa shape index (κ1) is 32.0. The number of aromatic nitrogens is 2. The van der Waals surface area contributed by atoms with Crippen LogP contribution in [0.3, 0.4) is 0 Å². The van der Waals surface area contributed by atoms with Gasteiger partial charge in [-0.15, -0.1) is 23.5 Å². The molecule has 2 N–H and O–H groups in total. The Balaban J connectivity index is 0.000000328. The van der Waals surface area contributed by atoms with Crippen LogP contribution in [0.25, 0.3) is 10.8 Å². The Bertz CT molecular complexity index is 1520. The third kappa shape index (κ3) is 10.1. The molecule has 8 heteroatoms. The molecule has 44 heavy (non-hydrogen) atoms. The van der Waals surface area contributed by atoms with Gasteiger partial charge in [-0.2, -0.15) is 0 Å². The lowest BCUT2D eigenvalue weighted by molar-refractivity contribution is 0.0105. The fourth-order valence-corrected chi connectivity index (χ4v) is 6.43. The standard InChI is InChI=1S/C28H29N3O2S.C8H10OS/c1-2-8-25(9-3-1)34-15-14-32-28-30-17-24(18-31-28)26-12-13-29-19-27(26)33-20-21-10-11-22-6-4-5-7-23(22)16-21;9-6-7-10-8-4-2-1-3-5-8/h1-11,16-18,26-27,29H,12-15,19-20H2;1-5,9H,6-7H2. The molecule has 0 spiro atoms. The second-order valence-corrected chi connectivity index (χ2v) is 12.7. The highest BCUT2D eigenvalue weighted by Gasteiger charge is 2.28. The second kappa shape index (κ2) is 17.8. The van der Waals surface area contributed by atoms with Crippen LogP contribution < -0.4 is 10.1 Å². The van der Waals surface area contributed by atoms with Gasteiger partial charge in [0.15, 0.2) is 0 Å². The van der Waals surface area contributed by atoms with Crippen LogP contribution in [-0.4, -0.2) is 59.0 Å². The predicted octanol–water partition coefficient (Wildman–Crippen LogP) is 7.23.